The van der Waals surface area contributed by atoms with Crippen LogP contribution in [-0.2, 0) is 13.1 Å². The van der Waals surface area contributed by atoms with E-state index in [0.717, 1.165) is 30.9 Å². The van der Waals surface area contributed by atoms with E-state index in [-0.39, 0.29) is 0 Å². The van der Waals surface area contributed by atoms with Crippen molar-refractivity contribution in [3.63, 3.8) is 0 Å². The van der Waals surface area contributed by atoms with Crippen molar-refractivity contribution < 1.29 is 0 Å². The normalized spacial score (nSPS) is 12.9. The van der Waals surface area contributed by atoms with E-state index < -0.39 is 0 Å². The van der Waals surface area contributed by atoms with E-state index in [2.05, 4.69) is 53.5 Å². The fourth-order valence-electron chi connectivity index (χ4n) is 3.08. The molecule has 5 heteroatoms. The summed E-state index contributed by atoms with van der Waals surface area (Å²) in [4.78, 5) is 0. The molecule has 1 unspecified atom stereocenters. The maximum absolute atomic E-state index is 4.74. The van der Waals surface area contributed by atoms with E-state index >= 15 is 0 Å². The van der Waals surface area contributed by atoms with Gasteiger partial charge < -0.3 is 5.32 Å². The Bertz CT molecular complexity index is 604. The third-order valence-corrected chi connectivity index (χ3v) is 4.14. The molecule has 0 amide bonds. The van der Waals surface area contributed by atoms with Gasteiger partial charge in [0.05, 0.1) is 23.6 Å². The van der Waals surface area contributed by atoms with Crippen molar-refractivity contribution in [1.82, 2.24) is 24.9 Å². The molecule has 2 rings (SSSR count). The van der Waals surface area contributed by atoms with Crippen LogP contribution in [0.15, 0.2) is 6.07 Å². The van der Waals surface area contributed by atoms with Crippen LogP contribution in [0.2, 0.25) is 0 Å². The Morgan fingerprint density at radius 2 is 1.86 bits per heavy atom. The predicted molar refractivity (Wildman–Crippen MR) is 85.5 cm³/mol. The number of aromatic nitrogens is 4. The number of rotatable bonds is 6. The zero-order valence-corrected chi connectivity index (χ0v) is 14.1. The van der Waals surface area contributed by atoms with Crippen molar-refractivity contribution >= 4 is 0 Å². The maximum Gasteiger partial charge on any atom is 0.0831 e. The Kier molecular flexibility index (Phi) is 4.83. The topological polar surface area (TPSA) is 47.7 Å². The molecule has 21 heavy (non-hydrogen) atoms. The molecule has 0 fully saturated rings. The first-order valence-electron chi connectivity index (χ1n) is 7.76. The largest absolute Gasteiger partial charge is 0.313 e. The van der Waals surface area contributed by atoms with Gasteiger partial charge in [0.1, 0.15) is 0 Å². The summed E-state index contributed by atoms with van der Waals surface area (Å²) in [6, 6.07) is 2.52. The highest BCUT2D eigenvalue weighted by Crippen LogP contribution is 2.24. The summed E-state index contributed by atoms with van der Waals surface area (Å²) in [5.41, 5.74) is 5.97. The van der Waals surface area contributed by atoms with E-state index in [1.165, 1.54) is 17.0 Å². The molecular formula is C16H27N5. The molecule has 0 bridgehead atoms. The molecule has 2 aromatic heterocycles. The molecule has 0 aliphatic carbocycles. The lowest BCUT2D eigenvalue weighted by atomic mass is 10.0. The van der Waals surface area contributed by atoms with Crippen LogP contribution in [0, 0.1) is 20.8 Å². The minimum atomic E-state index is 0.372. The summed E-state index contributed by atoms with van der Waals surface area (Å²) in [7, 11) is 2.01. The molecule has 0 saturated heterocycles. The Balaban J connectivity index is 2.35. The molecule has 116 valence electrons. The van der Waals surface area contributed by atoms with Crippen LogP contribution < -0.4 is 5.32 Å². The average Bonchev–Trinajstić information content (AvgIpc) is 2.94. The SMILES string of the molecule is CCC(NC)c1c(C)nn(Cc2cc(C)nn2CC)c1C. The lowest BCUT2D eigenvalue weighted by Gasteiger charge is -2.15. The van der Waals surface area contributed by atoms with Gasteiger partial charge in [0, 0.05) is 23.8 Å². The van der Waals surface area contributed by atoms with E-state index in [1.54, 1.807) is 0 Å². The Morgan fingerprint density at radius 1 is 1.14 bits per heavy atom. The van der Waals surface area contributed by atoms with Gasteiger partial charge in [-0.1, -0.05) is 6.92 Å². The quantitative estimate of drug-likeness (QED) is 0.889. The second-order valence-electron chi connectivity index (χ2n) is 5.58. The van der Waals surface area contributed by atoms with Crippen molar-refractivity contribution in [1.29, 1.82) is 0 Å². The van der Waals surface area contributed by atoms with E-state index in [4.69, 9.17) is 5.10 Å². The molecule has 2 heterocycles. The molecule has 2 aromatic rings. The number of aryl methyl sites for hydroxylation is 3. The lowest BCUT2D eigenvalue weighted by molar-refractivity contribution is 0.557. The Hall–Kier alpha value is -1.62. The van der Waals surface area contributed by atoms with Crippen LogP contribution in [0.5, 0.6) is 0 Å². The number of nitrogens with zero attached hydrogens (tertiary/aromatic N) is 4. The zero-order valence-electron chi connectivity index (χ0n) is 14.1. The van der Waals surface area contributed by atoms with Crippen LogP contribution in [-0.4, -0.2) is 26.6 Å². The van der Waals surface area contributed by atoms with Gasteiger partial charge in [-0.2, -0.15) is 10.2 Å². The van der Waals surface area contributed by atoms with Gasteiger partial charge in [-0.3, -0.25) is 9.36 Å². The summed E-state index contributed by atoms with van der Waals surface area (Å²) < 4.78 is 4.16. The molecule has 5 nitrogen and oxygen atoms in total. The molecule has 1 N–H and O–H groups in total. The van der Waals surface area contributed by atoms with Gasteiger partial charge in [0.25, 0.3) is 0 Å². The summed E-state index contributed by atoms with van der Waals surface area (Å²) in [5, 5.41) is 12.6. The first-order chi connectivity index (χ1) is 10.0. The van der Waals surface area contributed by atoms with Gasteiger partial charge >= 0.3 is 0 Å². The smallest absolute Gasteiger partial charge is 0.0831 e. The molecule has 0 aromatic carbocycles. The van der Waals surface area contributed by atoms with Crippen LogP contribution >= 0.6 is 0 Å². The zero-order chi connectivity index (χ0) is 15.6. The Morgan fingerprint density at radius 3 is 2.43 bits per heavy atom. The molecule has 0 saturated carbocycles. The van der Waals surface area contributed by atoms with Crippen LogP contribution in [0.4, 0.5) is 0 Å². The van der Waals surface area contributed by atoms with Crippen molar-refractivity contribution in [3.8, 4) is 0 Å². The minimum Gasteiger partial charge on any atom is -0.313 e. The molecule has 0 radical (unpaired) electrons. The van der Waals surface area contributed by atoms with Gasteiger partial charge in [-0.05, 0) is 47.2 Å². The summed E-state index contributed by atoms with van der Waals surface area (Å²) in [6.45, 7) is 12.3. The first kappa shape index (κ1) is 15.8. The maximum atomic E-state index is 4.74. The van der Waals surface area contributed by atoms with Crippen molar-refractivity contribution in [2.45, 2.75) is 60.2 Å². The second kappa shape index (κ2) is 6.43. The predicted octanol–water partition coefficient (Wildman–Crippen LogP) is 2.74. The van der Waals surface area contributed by atoms with Crippen molar-refractivity contribution in [3.05, 3.63) is 34.4 Å². The van der Waals surface area contributed by atoms with E-state index in [9.17, 15) is 0 Å². The van der Waals surface area contributed by atoms with Crippen LogP contribution in [0.1, 0.15) is 54.6 Å². The van der Waals surface area contributed by atoms with Crippen molar-refractivity contribution in [2.24, 2.45) is 0 Å². The second-order valence-corrected chi connectivity index (χ2v) is 5.58. The minimum absolute atomic E-state index is 0.372. The van der Waals surface area contributed by atoms with E-state index in [1.807, 2.05) is 14.0 Å². The third-order valence-electron chi connectivity index (χ3n) is 4.14. The lowest BCUT2D eigenvalue weighted by Crippen LogP contribution is -2.17. The fraction of sp³-hybridized carbons (Fsp3) is 0.625. The van der Waals surface area contributed by atoms with Gasteiger partial charge in [-0.15, -0.1) is 0 Å². The monoisotopic (exact) mass is 289 g/mol. The summed E-state index contributed by atoms with van der Waals surface area (Å²) >= 11 is 0. The standard InChI is InChI=1S/C16H27N5/c1-7-15(17-6)16-12(4)19-21(13(16)5)10-14-9-11(3)18-20(14)8-2/h9,15,17H,7-8,10H2,1-6H3. The first-order valence-corrected chi connectivity index (χ1v) is 7.76. The number of hydrogen-bond acceptors (Lipinski definition) is 3. The number of nitrogens with one attached hydrogen (secondary N) is 1. The highest BCUT2D eigenvalue weighted by atomic mass is 15.3. The van der Waals surface area contributed by atoms with Crippen molar-refractivity contribution in [2.75, 3.05) is 7.05 Å². The van der Waals surface area contributed by atoms with Gasteiger partial charge in [0.2, 0.25) is 0 Å². The molecule has 0 spiro atoms. The highest BCUT2D eigenvalue weighted by molar-refractivity contribution is 5.29. The van der Waals surface area contributed by atoms with Crippen LogP contribution in [0.3, 0.4) is 0 Å². The highest BCUT2D eigenvalue weighted by Gasteiger charge is 2.19. The molecular weight excluding hydrogens is 262 g/mol. The molecule has 0 aliphatic rings. The third kappa shape index (κ3) is 3.02. The van der Waals surface area contributed by atoms with E-state index in [0.29, 0.717) is 6.04 Å². The van der Waals surface area contributed by atoms with Gasteiger partial charge in [-0.25, -0.2) is 0 Å². The average molecular weight is 289 g/mol. The number of hydrogen-bond donors (Lipinski definition) is 1. The summed E-state index contributed by atoms with van der Waals surface area (Å²) in [5.74, 6) is 0. The molecule has 1 atom stereocenters. The fourth-order valence-corrected chi connectivity index (χ4v) is 3.08. The van der Waals surface area contributed by atoms with Gasteiger partial charge in [0.15, 0.2) is 0 Å². The Labute approximate surface area is 127 Å². The van der Waals surface area contributed by atoms with Crippen LogP contribution in [0.25, 0.3) is 0 Å². The summed E-state index contributed by atoms with van der Waals surface area (Å²) in [6.07, 6.45) is 1.07. The molecule has 0 aliphatic heterocycles.